The molecule has 0 fully saturated rings. The fourth-order valence-corrected chi connectivity index (χ4v) is 2.73. The normalized spacial score (nSPS) is 10.7. The van der Waals surface area contributed by atoms with E-state index >= 15 is 0 Å². The molecule has 0 bridgehead atoms. The van der Waals surface area contributed by atoms with Crippen molar-refractivity contribution in [3.05, 3.63) is 29.6 Å². The fraction of sp³-hybridized carbons (Fsp3) is 0.333. The molecule has 0 aliphatic heterocycles. The third-order valence-electron chi connectivity index (χ3n) is 2.31. The van der Waals surface area contributed by atoms with E-state index in [1.54, 1.807) is 11.3 Å². The molecule has 1 aromatic heterocycles. The lowest BCUT2D eigenvalue weighted by atomic mass is 10.2. The van der Waals surface area contributed by atoms with Gasteiger partial charge in [0.1, 0.15) is 0 Å². The molecule has 0 saturated carbocycles. The zero-order valence-electron chi connectivity index (χ0n) is 8.82. The summed E-state index contributed by atoms with van der Waals surface area (Å²) in [6, 6.07) is 8.76. The highest BCUT2D eigenvalue weighted by Gasteiger charge is 1.96. The molecule has 0 aliphatic rings. The zero-order valence-corrected chi connectivity index (χ0v) is 10.5. The first-order chi connectivity index (χ1) is 7.40. The molecule has 1 heterocycles. The first kappa shape index (κ1) is 10.8. The van der Waals surface area contributed by atoms with Crippen molar-refractivity contribution in [1.29, 1.82) is 0 Å². The number of fused-ring (bicyclic) bond motifs is 1. The summed E-state index contributed by atoms with van der Waals surface area (Å²) >= 11 is 3.70. The van der Waals surface area contributed by atoms with Gasteiger partial charge >= 0.3 is 0 Å². The van der Waals surface area contributed by atoms with Gasteiger partial charge in [0.05, 0.1) is 0 Å². The summed E-state index contributed by atoms with van der Waals surface area (Å²) in [7, 11) is 0. The molecule has 0 amide bonds. The molecule has 0 spiro atoms. The van der Waals surface area contributed by atoms with Crippen molar-refractivity contribution in [2.24, 2.45) is 0 Å². The summed E-state index contributed by atoms with van der Waals surface area (Å²) in [5.41, 5.74) is 1.24. The van der Waals surface area contributed by atoms with E-state index in [4.69, 9.17) is 0 Å². The maximum absolute atomic E-state index is 3.45. The van der Waals surface area contributed by atoms with Crippen molar-refractivity contribution in [2.75, 3.05) is 23.9 Å². The molecule has 0 aliphatic carbocycles. The van der Waals surface area contributed by atoms with Crippen LogP contribution in [0.5, 0.6) is 0 Å². The molecule has 2 rings (SSSR count). The van der Waals surface area contributed by atoms with Gasteiger partial charge in [-0.15, -0.1) is 11.3 Å². The van der Waals surface area contributed by atoms with Crippen molar-refractivity contribution >= 4 is 38.9 Å². The maximum atomic E-state index is 3.45. The minimum Gasteiger partial charge on any atom is -0.385 e. The lowest BCUT2D eigenvalue weighted by Crippen LogP contribution is -2.01. The predicted octanol–water partition coefficient (Wildman–Crippen LogP) is 4.07. The Labute approximate surface area is 98.9 Å². The van der Waals surface area contributed by atoms with E-state index in [9.17, 15) is 0 Å². The molecule has 3 heteroatoms. The van der Waals surface area contributed by atoms with Crippen LogP contribution in [0.2, 0.25) is 0 Å². The largest absolute Gasteiger partial charge is 0.385 e. The molecule has 80 valence electrons. The summed E-state index contributed by atoms with van der Waals surface area (Å²) in [6.45, 7) is 1.07. The Hall–Kier alpha value is -0.670. The lowest BCUT2D eigenvalue weighted by molar-refractivity contribution is 0.994. The Morgan fingerprint density at radius 3 is 3.13 bits per heavy atom. The van der Waals surface area contributed by atoms with E-state index in [1.165, 1.54) is 27.9 Å². The highest BCUT2D eigenvalue weighted by atomic mass is 32.2. The van der Waals surface area contributed by atoms with Crippen LogP contribution in [-0.2, 0) is 0 Å². The van der Waals surface area contributed by atoms with Crippen LogP contribution in [0.25, 0.3) is 10.1 Å². The average molecular weight is 237 g/mol. The monoisotopic (exact) mass is 237 g/mol. The van der Waals surface area contributed by atoms with Crippen LogP contribution in [-0.4, -0.2) is 18.6 Å². The van der Waals surface area contributed by atoms with Crippen LogP contribution in [0.15, 0.2) is 29.6 Å². The van der Waals surface area contributed by atoms with Gasteiger partial charge < -0.3 is 5.32 Å². The molecule has 1 nitrogen and oxygen atoms in total. The number of thioether (sulfide) groups is 1. The smallest absolute Gasteiger partial charge is 0.0347 e. The summed E-state index contributed by atoms with van der Waals surface area (Å²) in [5.74, 6) is 1.23. The standard InChI is InChI=1S/C12H15NS2/c1-14-7-2-6-13-11-3-4-12-10(9-11)5-8-15-12/h3-5,8-9,13H,2,6-7H2,1H3. The molecule has 0 atom stereocenters. The number of benzene rings is 1. The van der Waals surface area contributed by atoms with Gasteiger partial charge in [-0.25, -0.2) is 0 Å². The second-order valence-electron chi connectivity index (χ2n) is 3.45. The molecule has 0 radical (unpaired) electrons. The number of rotatable bonds is 5. The van der Waals surface area contributed by atoms with Crippen LogP contribution in [0.4, 0.5) is 5.69 Å². The van der Waals surface area contributed by atoms with E-state index in [0.29, 0.717) is 0 Å². The van der Waals surface area contributed by atoms with E-state index < -0.39 is 0 Å². The van der Waals surface area contributed by atoms with Crippen molar-refractivity contribution < 1.29 is 0 Å². The van der Waals surface area contributed by atoms with E-state index in [2.05, 4.69) is 41.2 Å². The van der Waals surface area contributed by atoms with Crippen LogP contribution in [0, 0.1) is 0 Å². The topological polar surface area (TPSA) is 12.0 Å². The molecule has 0 saturated heterocycles. The number of hydrogen-bond donors (Lipinski definition) is 1. The fourth-order valence-electron chi connectivity index (χ4n) is 1.53. The van der Waals surface area contributed by atoms with Crippen LogP contribution in [0.1, 0.15) is 6.42 Å². The summed E-state index contributed by atoms with van der Waals surface area (Å²) in [6.07, 6.45) is 3.38. The van der Waals surface area contributed by atoms with Gasteiger partial charge in [-0.2, -0.15) is 11.8 Å². The summed E-state index contributed by atoms with van der Waals surface area (Å²) in [5, 5.41) is 6.94. The van der Waals surface area contributed by atoms with E-state index in [0.717, 1.165) is 6.54 Å². The molecule has 0 unspecified atom stereocenters. The number of hydrogen-bond acceptors (Lipinski definition) is 3. The number of thiophene rings is 1. The van der Waals surface area contributed by atoms with Crippen molar-refractivity contribution in [2.45, 2.75) is 6.42 Å². The van der Waals surface area contributed by atoms with Crippen molar-refractivity contribution in [3.63, 3.8) is 0 Å². The molecule has 2 aromatic rings. The minimum absolute atomic E-state index is 1.07. The first-order valence-electron chi connectivity index (χ1n) is 5.10. The van der Waals surface area contributed by atoms with Gasteiger partial charge in [0.25, 0.3) is 0 Å². The molecule has 15 heavy (non-hydrogen) atoms. The lowest BCUT2D eigenvalue weighted by Gasteiger charge is -2.05. The van der Waals surface area contributed by atoms with Crippen molar-refractivity contribution in [1.82, 2.24) is 0 Å². The Morgan fingerprint density at radius 2 is 2.27 bits per heavy atom. The third kappa shape index (κ3) is 2.89. The first-order valence-corrected chi connectivity index (χ1v) is 7.37. The second-order valence-corrected chi connectivity index (χ2v) is 5.38. The summed E-state index contributed by atoms with van der Waals surface area (Å²) < 4.78 is 1.37. The quantitative estimate of drug-likeness (QED) is 0.787. The van der Waals surface area contributed by atoms with Gasteiger partial charge in [0, 0.05) is 16.9 Å². The Kier molecular flexibility index (Phi) is 3.92. The highest BCUT2D eigenvalue weighted by Crippen LogP contribution is 2.23. The van der Waals surface area contributed by atoms with Gasteiger partial charge in [-0.1, -0.05) is 0 Å². The van der Waals surface area contributed by atoms with Gasteiger partial charge in [-0.3, -0.25) is 0 Å². The second kappa shape index (κ2) is 5.42. The third-order valence-corrected chi connectivity index (χ3v) is 3.90. The molecule has 1 aromatic carbocycles. The zero-order chi connectivity index (χ0) is 10.5. The summed E-state index contributed by atoms with van der Waals surface area (Å²) in [4.78, 5) is 0. The van der Waals surface area contributed by atoms with Gasteiger partial charge in [0.15, 0.2) is 0 Å². The van der Waals surface area contributed by atoms with Gasteiger partial charge in [0.2, 0.25) is 0 Å². The van der Waals surface area contributed by atoms with Gasteiger partial charge in [-0.05, 0) is 53.5 Å². The minimum atomic E-state index is 1.07. The highest BCUT2D eigenvalue weighted by molar-refractivity contribution is 7.98. The van der Waals surface area contributed by atoms with Crippen LogP contribution in [0.3, 0.4) is 0 Å². The Morgan fingerprint density at radius 1 is 1.33 bits per heavy atom. The predicted molar refractivity (Wildman–Crippen MR) is 73.3 cm³/mol. The van der Waals surface area contributed by atoms with Crippen molar-refractivity contribution in [3.8, 4) is 0 Å². The van der Waals surface area contributed by atoms with E-state index in [1.807, 2.05) is 11.8 Å². The average Bonchev–Trinajstić information content (AvgIpc) is 2.71. The van der Waals surface area contributed by atoms with Crippen LogP contribution < -0.4 is 5.32 Å². The van der Waals surface area contributed by atoms with Crippen LogP contribution >= 0.6 is 23.1 Å². The maximum Gasteiger partial charge on any atom is 0.0347 e. The molecular formula is C12H15NS2. The Bertz CT molecular complexity index is 422. The SMILES string of the molecule is CSCCCNc1ccc2sccc2c1. The molecule has 1 N–H and O–H groups in total. The number of anilines is 1. The number of nitrogens with one attached hydrogen (secondary N) is 1. The molecular weight excluding hydrogens is 222 g/mol. The van der Waals surface area contributed by atoms with E-state index in [-0.39, 0.29) is 0 Å². The Balaban J connectivity index is 1.96.